The molecule has 6 nitrogen and oxygen atoms in total. The highest BCUT2D eigenvalue weighted by molar-refractivity contribution is 5.94. The summed E-state index contributed by atoms with van der Waals surface area (Å²) in [6, 6.07) is 9.10. The van der Waals surface area contributed by atoms with Crippen molar-refractivity contribution in [2.45, 2.75) is 26.7 Å². The zero-order valence-corrected chi connectivity index (χ0v) is 14.1. The Bertz CT molecular complexity index is 605. The lowest BCUT2D eigenvalue weighted by Crippen LogP contribution is -2.45. The number of piperidine rings is 1. The Morgan fingerprint density at radius 2 is 1.75 bits per heavy atom. The van der Waals surface area contributed by atoms with Gasteiger partial charge < -0.3 is 15.3 Å². The molecule has 6 heteroatoms. The molecule has 0 bridgehead atoms. The third-order valence-corrected chi connectivity index (χ3v) is 4.46. The van der Waals surface area contributed by atoms with E-state index >= 15 is 0 Å². The van der Waals surface area contributed by atoms with Crippen LogP contribution in [0.25, 0.3) is 0 Å². The third-order valence-electron chi connectivity index (χ3n) is 4.46. The number of benzene rings is 1. The number of aliphatic carboxylic acids is 1. The minimum Gasteiger partial charge on any atom is -0.481 e. The monoisotopic (exact) mass is 332 g/mol. The molecule has 0 saturated carbocycles. The van der Waals surface area contributed by atoms with Gasteiger partial charge in [0.1, 0.15) is 0 Å². The number of carboxylic acid groups (broad SMARTS) is 1. The van der Waals surface area contributed by atoms with E-state index < -0.39 is 11.4 Å². The van der Waals surface area contributed by atoms with E-state index in [-0.39, 0.29) is 24.3 Å². The first-order valence-electron chi connectivity index (χ1n) is 8.17. The molecule has 24 heavy (non-hydrogen) atoms. The molecule has 1 aromatic carbocycles. The summed E-state index contributed by atoms with van der Waals surface area (Å²) in [6.07, 6.45) is 1.19. The second kappa shape index (κ2) is 7.47. The van der Waals surface area contributed by atoms with Crippen molar-refractivity contribution < 1.29 is 19.5 Å². The van der Waals surface area contributed by atoms with E-state index in [9.17, 15) is 14.4 Å². The molecule has 1 heterocycles. The largest absolute Gasteiger partial charge is 0.481 e. The molecule has 1 aliphatic rings. The fourth-order valence-electron chi connectivity index (χ4n) is 2.64. The molecule has 1 aliphatic heterocycles. The van der Waals surface area contributed by atoms with Gasteiger partial charge in [0.15, 0.2) is 0 Å². The van der Waals surface area contributed by atoms with Crippen molar-refractivity contribution >= 4 is 17.8 Å². The van der Waals surface area contributed by atoms with Crippen LogP contribution in [0.1, 0.15) is 37.0 Å². The van der Waals surface area contributed by atoms with E-state index in [4.69, 9.17) is 5.11 Å². The Morgan fingerprint density at radius 3 is 2.29 bits per heavy atom. The summed E-state index contributed by atoms with van der Waals surface area (Å²) in [5.74, 6) is -1.25. The quantitative estimate of drug-likeness (QED) is 0.860. The molecule has 0 unspecified atom stereocenters. The van der Waals surface area contributed by atoms with Gasteiger partial charge in [0.2, 0.25) is 5.91 Å². The first-order valence-corrected chi connectivity index (χ1v) is 8.17. The van der Waals surface area contributed by atoms with Crippen molar-refractivity contribution in [1.82, 2.24) is 10.2 Å². The van der Waals surface area contributed by atoms with Gasteiger partial charge in [0.25, 0.3) is 5.91 Å². The summed E-state index contributed by atoms with van der Waals surface area (Å²) in [5.41, 5.74) is -0.330. The fraction of sp³-hybridized carbons (Fsp3) is 0.500. The van der Waals surface area contributed by atoms with Crippen LogP contribution >= 0.6 is 0 Å². The summed E-state index contributed by atoms with van der Waals surface area (Å²) in [5, 5.41) is 11.8. The minimum absolute atomic E-state index is 0.0125. The highest BCUT2D eigenvalue weighted by Gasteiger charge is 2.31. The highest BCUT2D eigenvalue weighted by Crippen LogP contribution is 2.20. The van der Waals surface area contributed by atoms with Gasteiger partial charge in [0, 0.05) is 31.1 Å². The van der Waals surface area contributed by atoms with Gasteiger partial charge in [-0.3, -0.25) is 14.4 Å². The van der Waals surface area contributed by atoms with Crippen LogP contribution in [0.4, 0.5) is 0 Å². The molecule has 0 aliphatic carbocycles. The smallest absolute Gasteiger partial charge is 0.310 e. The van der Waals surface area contributed by atoms with Crippen molar-refractivity contribution in [3.63, 3.8) is 0 Å². The van der Waals surface area contributed by atoms with Crippen LogP contribution in [-0.2, 0) is 9.59 Å². The topological polar surface area (TPSA) is 86.7 Å². The number of carbonyl (C=O) groups is 3. The van der Waals surface area contributed by atoms with Gasteiger partial charge in [-0.15, -0.1) is 0 Å². The van der Waals surface area contributed by atoms with Crippen molar-refractivity contribution in [3.05, 3.63) is 35.9 Å². The maximum Gasteiger partial charge on any atom is 0.310 e. The van der Waals surface area contributed by atoms with Crippen LogP contribution in [0.2, 0.25) is 0 Å². The number of nitrogens with one attached hydrogen (secondary N) is 1. The predicted octanol–water partition coefficient (Wildman–Crippen LogP) is 1.77. The standard InChI is InChI=1S/C18H24N2O4/c1-18(2,17(23)24)12-19-15(21)13-8-10-20(11-9-13)16(22)14-6-4-3-5-7-14/h3-7,13H,8-12H2,1-2H3,(H,19,21)(H,23,24). The lowest BCUT2D eigenvalue weighted by Gasteiger charge is -2.32. The SMILES string of the molecule is CC(C)(CNC(=O)C1CCN(C(=O)c2ccccc2)CC1)C(=O)O. The molecule has 2 rings (SSSR count). The van der Waals surface area contributed by atoms with Crippen molar-refractivity contribution in [2.24, 2.45) is 11.3 Å². The van der Waals surface area contributed by atoms with E-state index in [1.165, 1.54) is 0 Å². The summed E-state index contributed by atoms with van der Waals surface area (Å²) >= 11 is 0. The van der Waals surface area contributed by atoms with Gasteiger partial charge >= 0.3 is 5.97 Å². The molecule has 0 aromatic heterocycles. The van der Waals surface area contributed by atoms with E-state index in [0.29, 0.717) is 31.5 Å². The molecule has 2 amide bonds. The van der Waals surface area contributed by atoms with Gasteiger partial charge in [-0.05, 0) is 38.8 Å². The van der Waals surface area contributed by atoms with E-state index in [1.807, 2.05) is 18.2 Å². The Kier molecular flexibility index (Phi) is 5.59. The van der Waals surface area contributed by atoms with Crippen molar-refractivity contribution in [1.29, 1.82) is 0 Å². The highest BCUT2D eigenvalue weighted by atomic mass is 16.4. The second-order valence-electron chi connectivity index (χ2n) is 6.84. The predicted molar refractivity (Wildman–Crippen MR) is 89.5 cm³/mol. The molecule has 0 radical (unpaired) electrons. The number of hydrogen-bond acceptors (Lipinski definition) is 3. The van der Waals surface area contributed by atoms with Crippen LogP contribution in [0, 0.1) is 11.3 Å². The van der Waals surface area contributed by atoms with Gasteiger partial charge in [0.05, 0.1) is 5.41 Å². The van der Waals surface area contributed by atoms with Crippen LogP contribution < -0.4 is 5.32 Å². The van der Waals surface area contributed by atoms with E-state index in [2.05, 4.69) is 5.32 Å². The lowest BCUT2D eigenvalue weighted by atomic mass is 9.92. The summed E-state index contributed by atoms with van der Waals surface area (Å²) in [6.45, 7) is 4.33. The Morgan fingerprint density at radius 1 is 1.17 bits per heavy atom. The number of rotatable bonds is 5. The summed E-state index contributed by atoms with van der Waals surface area (Å²) in [4.78, 5) is 37.4. The maximum absolute atomic E-state index is 12.4. The van der Waals surface area contributed by atoms with Gasteiger partial charge in [-0.1, -0.05) is 18.2 Å². The van der Waals surface area contributed by atoms with Crippen molar-refractivity contribution in [2.75, 3.05) is 19.6 Å². The fourth-order valence-corrected chi connectivity index (χ4v) is 2.64. The molecule has 0 atom stereocenters. The van der Waals surface area contributed by atoms with Crippen molar-refractivity contribution in [3.8, 4) is 0 Å². The van der Waals surface area contributed by atoms with E-state index in [1.54, 1.807) is 30.9 Å². The van der Waals surface area contributed by atoms with Crippen LogP contribution in [0.15, 0.2) is 30.3 Å². The number of likely N-dealkylation sites (tertiary alicyclic amines) is 1. The number of nitrogens with zero attached hydrogens (tertiary/aromatic N) is 1. The average molecular weight is 332 g/mol. The first-order chi connectivity index (χ1) is 11.3. The molecule has 1 aromatic rings. The molecule has 130 valence electrons. The molecule has 0 spiro atoms. The molecule has 1 saturated heterocycles. The number of carboxylic acids is 1. The summed E-state index contributed by atoms with van der Waals surface area (Å²) < 4.78 is 0. The number of amides is 2. The minimum atomic E-state index is -0.986. The molecular weight excluding hydrogens is 308 g/mol. The average Bonchev–Trinajstić information content (AvgIpc) is 2.60. The van der Waals surface area contributed by atoms with Crippen LogP contribution in [-0.4, -0.2) is 47.4 Å². The zero-order chi connectivity index (χ0) is 17.7. The zero-order valence-electron chi connectivity index (χ0n) is 14.1. The normalized spacial score (nSPS) is 15.8. The van der Waals surface area contributed by atoms with E-state index in [0.717, 1.165) is 0 Å². The number of hydrogen-bond donors (Lipinski definition) is 2. The number of carbonyl (C=O) groups excluding carboxylic acids is 2. The van der Waals surface area contributed by atoms with Gasteiger partial charge in [-0.25, -0.2) is 0 Å². The van der Waals surface area contributed by atoms with Gasteiger partial charge in [-0.2, -0.15) is 0 Å². The Hall–Kier alpha value is -2.37. The first kappa shape index (κ1) is 18.0. The maximum atomic E-state index is 12.4. The third kappa shape index (κ3) is 4.34. The molecular formula is C18H24N2O4. The van der Waals surface area contributed by atoms with Crippen LogP contribution in [0.5, 0.6) is 0 Å². The summed E-state index contributed by atoms with van der Waals surface area (Å²) in [7, 11) is 0. The Balaban J connectivity index is 1.83. The Labute approximate surface area is 141 Å². The molecule has 1 fully saturated rings. The second-order valence-corrected chi connectivity index (χ2v) is 6.84. The van der Waals surface area contributed by atoms with Crippen LogP contribution in [0.3, 0.4) is 0 Å². The lowest BCUT2D eigenvalue weighted by molar-refractivity contribution is -0.147. The molecule has 2 N–H and O–H groups in total.